The van der Waals surface area contributed by atoms with Gasteiger partial charge in [-0.2, -0.15) is 5.10 Å². The van der Waals surface area contributed by atoms with Crippen LogP contribution in [0.3, 0.4) is 0 Å². The molecule has 1 amide bonds. The Bertz CT molecular complexity index is 548. The van der Waals surface area contributed by atoms with Crippen molar-refractivity contribution in [3.05, 3.63) is 15.8 Å². The molecule has 0 bridgehead atoms. The lowest BCUT2D eigenvalue weighted by molar-refractivity contribution is -0.384. The third kappa shape index (κ3) is 3.71. The molecule has 0 aromatic carbocycles. The van der Waals surface area contributed by atoms with E-state index in [2.05, 4.69) is 15.7 Å². The number of rotatable bonds is 7. The highest BCUT2D eigenvalue weighted by Gasteiger charge is 2.28. The summed E-state index contributed by atoms with van der Waals surface area (Å²) in [5.41, 5.74) is 0.447. The first-order chi connectivity index (χ1) is 9.90. The molecule has 1 aliphatic carbocycles. The molecule has 0 atom stereocenters. The molecular weight excluding hydrogens is 274 g/mol. The van der Waals surface area contributed by atoms with E-state index in [4.69, 9.17) is 0 Å². The number of carbonyl (C=O) groups is 1. The predicted molar refractivity (Wildman–Crippen MR) is 78.2 cm³/mol. The van der Waals surface area contributed by atoms with Gasteiger partial charge in [0.05, 0.1) is 4.92 Å². The number of aryl methyl sites for hydroxylation is 1. The summed E-state index contributed by atoms with van der Waals surface area (Å²) in [7, 11) is 1.66. The molecule has 2 N–H and O–H groups in total. The van der Waals surface area contributed by atoms with Crippen LogP contribution in [0.2, 0.25) is 0 Å². The fourth-order valence-electron chi connectivity index (χ4n) is 2.12. The maximum atomic E-state index is 11.6. The van der Waals surface area contributed by atoms with Crippen molar-refractivity contribution in [1.82, 2.24) is 15.1 Å². The van der Waals surface area contributed by atoms with Crippen molar-refractivity contribution in [2.24, 2.45) is 7.05 Å². The Morgan fingerprint density at radius 1 is 1.52 bits per heavy atom. The van der Waals surface area contributed by atoms with Crippen molar-refractivity contribution in [1.29, 1.82) is 0 Å². The fraction of sp³-hybridized carbons (Fsp3) is 0.692. The Morgan fingerprint density at radius 3 is 2.71 bits per heavy atom. The minimum absolute atomic E-state index is 0.00454. The van der Waals surface area contributed by atoms with Crippen LogP contribution in [-0.2, 0) is 11.8 Å². The molecule has 2 rings (SSSR count). The second kappa shape index (κ2) is 6.11. The second-order valence-electron chi connectivity index (χ2n) is 5.64. The van der Waals surface area contributed by atoms with Gasteiger partial charge in [-0.3, -0.25) is 14.9 Å². The lowest BCUT2D eigenvalue weighted by Gasteiger charge is -2.06. The van der Waals surface area contributed by atoms with Crippen LogP contribution in [0.15, 0.2) is 0 Å². The number of nitrogens with zero attached hydrogens (tertiary/aromatic N) is 3. The van der Waals surface area contributed by atoms with Crippen LogP contribution in [0.4, 0.5) is 11.5 Å². The maximum Gasteiger partial charge on any atom is 0.334 e. The van der Waals surface area contributed by atoms with E-state index in [0.29, 0.717) is 24.1 Å². The van der Waals surface area contributed by atoms with Gasteiger partial charge in [-0.25, -0.2) is 4.68 Å². The number of anilines is 1. The van der Waals surface area contributed by atoms with Crippen molar-refractivity contribution in [2.75, 3.05) is 11.9 Å². The van der Waals surface area contributed by atoms with Crippen LogP contribution in [0.1, 0.15) is 44.7 Å². The van der Waals surface area contributed by atoms with Gasteiger partial charge in [-0.15, -0.1) is 0 Å². The van der Waals surface area contributed by atoms with Gasteiger partial charge in [0.1, 0.15) is 5.69 Å². The summed E-state index contributed by atoms with van der Waals surface area (Å²) >= 11 is 0. The van der Waals surface area contributed by atoms with E-state index in [9.17, 15) is 14.9 Å². The van der Waals surface area contributed by atoms with Crippen molar-refractivity contribution in [3.8, 4) is 0 Å². The van der Waals surface area contributed by atoms with E-state index in [1.165, 1.54) is 4.68 Å². The van der Waals surface area contributed by atoms with Gasteiger partial charge in [-0.1, -0.05) is 13.8 Å². The van der Waals surface area contributed by atoms with Gasteiger partial charge in [0.2, 0.25) is 11.7 Å². The van der Waals surface area contributed by atoms with E-state index in [0.717, 1.165) is 12.8 Å². The quantitative estimate of drug-likeness (QED) is 0.586. The van der Waals surface area contributed by atoms with Gasteiger partial charge in [0.25, 0.3) is 0 Å². The largest absolute Gasteiger partial charge is 0.364 e. The van der Waals surface area contributed by atoms with Crippen LogP contribution < -0.4 is 10.6 Å². The standard InChI is InChI=1S/C13H21N5O3/c1-8(2)11-12(18(20)21)13(17(3)16-11)14-7-6-10(19)15-9-4-5-9/h8-9,14H,4-7H2,1-3H3,(H,15,19). The Labute approximate surface area is 123 Å². The number of aromatic nitrogens is 2. The van der Waals surface area contributed by atoms with Crippen molar-refractivity contribution >= 4 is 17.4 Å². The molecule has 1 saturated carbocycles. The molecule has 0 saturated heterocycles. The number of carbonyl (C=O) groups excluding carboxylic acids is 1. The van der Waals surface area contributed by atoms with Crippen molar-refractivity contribution in [2.45, 2.75) is 45.1 Å². The first-order valence-electron chi connectivity index (χ1n) is 7.14. The summed E-state index contributed by atoms with van der Waals surface area (Å²) in [6.45, 7) is 4.07. The van der Waals surface area contributed by atoms with E-state index >= 15 is 0 Å². The van der Waals surface area contributed by atoms with Crippen LogP contribution >= 0.6 is 0 Å². The molecule has 21 heavy (non-hydrogen) atoms. The summed E-state index contributed by atoms with van der Waals surface area (Å²) in [6.07, 6.45) is 2.38. The highest BCUT2D eigenvalue weighted by atomic mass is 16.6. The molecule has 1 aliphatic rings. The average molecular weight is 295 g/mol. The first kappa shape index (κ1) is 15.3. The fourth-order valence-corrected chi connectivity index (χ4v) is 2.12. The predicted octanol–water partition coefficient (Wildman–Crippen LogP) is 1.53. The van der Waals surface area contributed by atoms with Crippen LogP contribution in [0.5, 0.6) is 0 Å². The van der Waals surface area contributed by atoms with Gasteiger partial charge in [0.15, 0.2) is 0 Å². The number of nitrogens with one attached hydrogen (secondary N) is 2. The Morgan fingerprint density at radius 2 is 2.19 bits per heavy atom. The topological polar surface area (TPSA) is 102 Å². The second-order valence-corrected chi connectivity index (χ2v) is 5.64. The number of nitro groups is 1. The zero-order chi connectivity index (χ0) is 15.6. The summed E-state index contributed by atoms with van der Waals surface area (Å²) in [5.74, 6) is 0.284. The normalized spacial score (nSPS) is 14.3. The minimum atomic E-state index is -0.422. The van der Waals surface area contributed by atoms with Crippen LogP contribution in [-0.4, -0.2) is 33.2 Å². The number of hydrogen-bond acceptors (Lipinski definition) is 5. The molecule has 1 heterocycles. The summed E-state index contributed by atoms with van der Waals surface area (Å²) in [6, 6.07) is 0.330. The Kier molecular flexibility index (Phi) is 4.44. The highest BCUT2D eigenvalue weighted by molar-refractivity contribution is 5.77. The summed E-state index contributed by atoms with van der Waals surface area (Å²) in [4.78, 5) is 22.4. The molecule has 0 radical (unpaired) electrons. The van der Waals surface area contributed by atoms with Crippen molar-refractivity contribution in [3.63, 3.8) is 0 Å². The van der Waals surface area contributed by atoms with Gasteiger partial charge < -0.3 is 10.6 Å². The molecule has 8 nitrogen and oxygen atoms in total. The number of hydrogen-bond donors (Lipinski definition) is 2. The van der Waals surface area contributed by atoms with Crippen LogP contribution in [0, 0.1) is 10.1 Å². The zero-order valence-corrected chi connectivity index (χ0v) is 12.5. The van der Waals surface area contributed by atoms with Gasteiger partial charge in [0, 0.05) is 32.0 Å². The molecule has 0 spiro atoms. The Balaban J connectivity index is 2.01. The van der Waals surface area contributed by atoms with E-state index in [-0.39, 0.29) is 23.9 Å². The first-order valence-corrected chi connectivity index (χ1v) is 7.14. The van der Waals surface area contributed by atoms with Crippen LogP contribution in [0.25, 0.3) is 0 Å². The maximum absolute atomic E-state index is 11.6. The highest BCUT2D eigenvalue weighted by Crippen LogP contribution is 2.32. The molecule has 1 aromatic heterocycles. The molecule has 116 valence electrons. The molecule has 1 fully saturated rings. The lowest BCUT2D eigenvalue weighted by Crippen LogP contribution is -2.27. The smallest absolute Gasteiger partial charge is 0.334 e. The van der Waals surface area contributed by atoms with Crippen molar-refractivity contribution < 1.29 is 9.72 Å². The third-order valence-corrected chi connectivity index (χ3v) is 3.36. The van der Waals surface area contributed by atoms with E-state index < -0.39 is 4.92 Å². The molecule has 8 heteroatoms. The monoisotopic (exact) mass is 295 g/mol. The summed E-state index contributed by atoms with van der Waals surface area (Å²) < 4.78 is 1.46. The number of amides is 1. The van der Waals surface area contributed by atoms with E-state index in [1.54, 1.807) is 7.05 Å². The SMILES string of the molecule is CC(C)c1nn(C)c(NCCC(=O)NC2CC2)c1[N+](=O)[O-]. The minimum Gasteiger partial charge on any atom is -0.364 e. The van der Waals surface area contributed by atoms with E-state index in [1.807, 2.05) is 13.8 Å². The summed E-state index contributed by atoms with van der Waals surface area (Å²) in [5, 5.41) is 21.3. The van der Waals surface area contributed by atoms with Gasteiger partial charge in [-0.05, 0) is 12.8 Å². The molecule has 0 aliphatic heterocycles. The van der Waals surface area contributed by atoms with Gasteiger partial charge >= 0.3 is 5.69 Å². The Hall–Kier alpha value is -2.12. The third-order valence-electron chi connectivity index (χ3n) is 3.36. The lowest BCUT2D eigenvalue weighted by atomic mass is 10.1. The molecule has 0 unspecified atom stereocenters. The average Bonchev–Trinajstić information content (AvgIpc) is 3.12. The zero-order valence-electron chi connectivity index (χ0n) is 12.5. The molecule has 1 aromatic rings. The molecular formula is C13H21N5O3.